The van der Waals surface area contributed by atoms with E-state index < -0.39 is 70.5 Å². The van der Waals surface area contributed by atoms with Crippen molar-refractivity contribution in [2.75, 3.05) is 6.61 Å². The zero-order valence-corrected chi connectivity index (χ0v) is 26.8. The van der Waals surface area contributed by atoms with Gasteiger partial charge in [-0.15, -0.1) is 11.8 Å². The van der Waals surface area contributed by atoms with E-state index in [-0.39, 0.29) is 42.6 Å². The SMILES string of the molecule is C[C@]12C=CC(=O)C=C1[C@@H](F)C[C@H]1[C@@H]3CC[C@](OC(=O)c4ccc(CSc5ccc(O)cc5)cc4)(C(=O)OCC#N)[C@@]3(C)C[C@H](O)[C@@]12F. The number of allylic oxidation sites excluding steroid dienone is 4. The molecule has 4 aliphatic rings. The van der Waals surface area contributed by atoms with Crippen LogP contribution in [0.5, 0.6) is 5.75 Å². The number of phenols is 1. The minimum Gasteiger partial charge on any atom is -0.508 e. The Balaban J connectivity index is 1.29. The van der Waals surface area contributed by atoms with Crippen molar-refractivity contribution in [1.29, 1.82) is 5.26 Å². The molecule has 0 aromatic heterocycles. The van der Waals surface area contributed by atoms with Crippen LogP contribution in [0.1, 0.15) is 55.5 Å². The van der Waals surface area contributed by atoms with Crippen molar-refractivity contribution in [2.45, 2.75) is 73.7 Å². The molecule has 0 aliphatic heterocycles. The van der Waals surface area contributed by atoms with Crippen molar-refractivity contribution in [3.8, 4) is 11.8 Å². The zero-order chi connectivity index (χ0) is 33.8. The molecule has 246 valence electrons. The van der Waals surface area contributed by atoms with E-state index in [2.05, 4.69) is 0 Å². The number of thioether (sulfide) groups is 1. The lowest BCUT2D eigenvalue weighted by atomic mass is 9.44. The lowest BCUT2D eigenvalue weighted by molar-refractivity contribution is -0.228. The minimum absolute atomic E-state index is 0.0135. The number of ketones is 1. The molecule has 0 heterocycles. The normalized spacial score (nSPS) is 35.5. The average Bonchev–Trinajstić information content (AvgIpc) is 3.34. The summed E-state index contributed by atoms with van der Waals surface area (Å²) in [6.45, 7) is 2.52. The molecule has 4 aliphatic carbocycles. The molecule has 47 heavy (non-hydrogen) atoms. The molecule has 0 unspecified atom stereocenters. The average molecular weight is 664 g/mol. The van der Waals surface area contributed by atoms with E-state index in [0.29, 0.717) is 5.75 Å². The highest BCUT2D eigenvalue weighted by atomic mass is 32.2. The fourth-order valence-electron chi connectivity index (χ4n) is 8.61. The van der Waals surface area contributed by atoms with Crippen LogP contribution in [0.15, 0.2) is 77.2 Å². The first-order chi connectivity index (χ1) is 22.3. The molecule has 3 saturated carbocycles. The van der Waals surface area contributed by atoms with Crippen molar-refractivity contribution in [3.05, 3.63) is 83.5 Å². The van der Waals surface area contributed by atoms with Gasteiger partial charge in [0.25, 0.3) is 0 Å². The molecule has 11 heteroatoms. The Bertz CT molecular complexity index is 1700. The van der Waals surface area contributed by atoms with Crippen molar-refractivity contribution in [3.63, 3.8) is 0 Å². The highest BCUT2D eigenvalue weighted by molar-refractivity contribution is 7.98. The summed E-state index contributed by atoms with van der Waals surface area (Å²) in [7, 11) is 0. The summed E-state index contributed by atoms with van der Waals surface area (Å²) in [5, 5.41) is 30.3. The third-order valence-corrected chi connectivity index (χ3v) is 12.1. The van der Waals surface area contributed by atoms with Gasteiger partial charge in [0.05, 0.1) is 11.7 Å². The van der Waals surface area contributed by atoms with Crippen molar-refractivity contribution < 1.29 is 42.9 Å². The number of nitrogens with zero attached hydrogens (tertiary/aromatic N) is 1. The summed E-state index contributed by atoms with van der Waals surface area (Å²) < 4.78 is 44.7. The van der Waals surface area contributed by atoms with Gasteiger partial charge in [-0.1, -0.05) is 25.1 Å². The van der Waals surface area contributed by atoms with Gasteiger partial charge in [-0.2, -0.15) is 5.26 Å². The van der Waals surface area contributed by atoms with Crippen LogP contribution in [0, 0.1) is 34.0 Å². The summed E-state index contributed by atoms with van der Waals surface area (Å²) in [6, 6.07) is 15.2. The van der Waals surface area contributed by atoms with Gasteiger partial charge < -0.3 is 19.7 Å². The molecule has 0 saturated heterocycles. The molecule has 0 radical (unpaired) electrons. The van der Waals surface area contributed by atoms with E-state index in [1.807, 2.05) is 0 Å². The number of esters is 2. The Morgan fingerprint density at radius 2 is 1.81 bits per heavy atom. The maximum atomic E-state index is 17.5. The van der Waals surface area contributed by atoms with Crippen LogP contribution in [0.3, 0.4) is 0 Å². The van der Waals surface area contributed by atoms with Crippen LogP contribution in [-0.2, 0) is 24.8 Å². The predicted octanol–water partition coefficient (Wildman–Crippen LogP) is 5.97. The van der Waals surface area contributed by atoms with Crippen LogP contribution < -0.4 is 0 Å². The number of halogens is 2. The summed E-state index contributed by atoms with van der Waals surface area (Å²) in [5.74, 6) is -3.28. The first-order valence-electron chi connectivity index (χ1n) is 15.5. The van der Waals surface area contributed by atoms with E-state index in [1.165, 1.54) is 19.1 Å². The fraction of sp³-hybridized carbons (Fsp3) is 0.444. The van der Waals surface area contributed by atoms with Gasteiger partial charge in [-0.05, 0) is 98.2 Å². The molecule has 0 amide bonds. The van der Waals surface area contributed by atoms with Crippen LogP contribution in [-0.4, -0.2) is 58.1 Å². The highest BCUT2D eigenvalue weighted by Crippen LogP contribution is 2.70. The number of hydrogen-bond donors (Lipinski definition) is 2. The molecular weight excluding hydrogens is 628 g/mol. The van der Waals surface area contributed by atoms with Gasteiger partial charge >= 0.3 is 11.9 Å². The number of rotatable bonds is 7. The summed E-state index contributed by atoms with van der Waals surface area (Å²) in [5.41, 5.74) is -6.28. The van der Waals surface area contributed by atoms with Gasteiger partial charge in [0.15, 0.2) is 18.1 Å². The molecule has 0 spiro atoms. The third kappa shape index (κ3) is 5.08. The van der Waals surface area contributed by atoms with E-state index in [1.54, 1.807) is 73.3 Å². The maximum absolute atomic E-state index is 17.5. The Hall–Kier alpha value is -4.01. The quantitative estimate of drug-likeness (QED) is 0.272. The number of phenolic OH excluding ortho intramolecular Hbond substituents is 1. The largest absolute Gasteiger partial charge is 0.508 e. The van der Waals surface area contributed by atoms with Gasteiger partial charge in [-0.3, -0.25) is 4.79 Å². The number of hydrogen-bond acceptors (Lipinski definition) is 9. The standard InChI is InChI=1S/C36H35F2NO7S/c1-33-13-11-24(41)17-28(33)29(37)18-27-26-12-14-35(32(44)45-16-15-39,34(26,2)19-30(42)36(27,33)38)46-31(43)22-5-3-21(4-6-22)20-47-25-9-7-23(40)8-10-25/h3-11,13,17,26-27,29-30,40,42H,12,14,16,18-20H2,1-2H3/t26-,27-,29-,30-,33-,34-,35-,36-/m0/s1. The van der Waals surface area contributed by atoms with Crippen LogP contribution >= 0.6 is 11.8 Å². The number of fused-ring (bicyclic) bond motifs is 5. The maximum Gasteiger partial charge on any atom is 0.352 e. The monoisotopic (exact) mass is 663 g/mol. The Labute approximate surface area is 275 Å². The first kappa shape index (κ1) is 32.9. The number of carbonyl (C=O) groups excluding carboxylic acids is 3. The summed E-state index contributed by atoms with van der Waals surface area (Å²) in [4.78, 5) is 40.6. The predicted molar refractivity (Wildman–Crippen MR) is 167 cm³/mol. The number of carbonyl (C=O) groups is 3. The highest BCUT2D eigenvalue weighted by Gasteiger charge is 2.77. The second kappa shape index (κ2) is 11.9. The first-order valence-corrected chi connectivity index (χ1v) is 16.5. The van der Waals surface area contributed by atoms with Gasteiger partial charge in [0.2, 0.25) is 5.60 Å². The van der Waals surface area contributed by atoms with E-state index >= 15 is 8.78 Å². The number of alkyl halides is 2. The van der Waals surface area contributed by atoms with Crippen LogP contribution in [0.4, 0.5) is 8.78 Å². The zero-order valence-electron chi connectivity index (χ0n) is 25.9. The molecule has 3 fully saturated rings. The molecule has 0 bridgehead atoms. The van der Waals surface area contributed by atoms with Gasteiger partial charge in [0, 0.05) is 27.4 Å². The Kier molecular flexibility index (Phi) is 8.33. The topological polar surface area (TPSA) is 134 Å². The Morgan fingerprint density at radius 3 is 2.49 bits per heavy atom. The summed E-state index contributed by atoms with van der Waals surface area (Å²) >= 11 is 1.54. The molecule has 8 atom stereocenters. The fourth-order valence-corrected chi connectivity index (χ4v) is 9.47. The molecule has 2 aromatic carbocycles. The second-order valence-electron chi connectivity index (χ2n) is 13.3. The van der Waals surface area contributed by atoms with Crippen molar-refractivity contribution in [1.82, 2.24) is 0 Å². The van der Waals surface area contributed by atoms with E-state index in [0.717, 1.165) is 16.5 Å². The molecule has 2 aromatic rings. The summed E-state index contributed by atoms with van der Waals surface area (Å²) in [6.07, 6.45) is -0.263. The van der Waals surface area contributed by atoms with Gasteiger partial charge in [-0.25, -0.2) is 18.4 Å². The van der Waals surface area contributed by atoms with E-state index in [4.69, 9.17) is 14.7 Å². The number of ether oxygens (including phenoxy) is 2. The smallest absolute Gasteiger partial charge is 0.352 e. The number of aliphatic hydroxyl groups excluding tert-OH is 1. The number of aliphatic hydroxyl groups is 1. The number of aromatic hydroxyl groups is 1. The lowest BCUT2D eigenvalue weighted by Crippen LogP contribution is -2.70. The van der Waals surface area contributed by atoms with E-state index in [9.17, 15) is 24.6 Å². The second-order valence-corrected chi connectivity index (χ2v) is 14.4. The molecule has 8 nitrogen and oxygen atoms in total. The molecule has 6 rings (SSSR count). The van der Waals surface area contributed by atoms with Gasteiger partial charge in [0.1, 0.15) is 18.0 Å². The molecular formula is C36H35F2NO7S. The number of nitriles is 1. The number of benzene rings is 2. The van der Waals surface area contributed by atoms with Crippen LogP contribution in [0.2, 0.25) is 0 Å². The third-order valence-electron chi connectivity index (χ3n) is 11.0. The van der Waals surface area contributed by atoms with Crippen LogP contribution in [0.25, 0.3) is 0 Å². The molecule has 2 N–H and O–H groups in total. The Morgan fingerprint density at radius 1 is 1.11 bits per heavy atom. The van der Waals surface area contributed by atoms with Crippen molar-refractivity contribution >= 4 is 29.5 Å². The minimum atomic E-state index is -2.37. The lowest BCUT2D eigenvalue weighted by Gasteiger charge is -2.62. The van der Waals surface area contributed by atoms with Crippen molar-refractivity contribution in [2.24, 2.45) is 22.7 Å².